The summed E-state index contributed by atoms with van der Waals surface area (Å²) in [4.78, 5) is 1.40. The van der Waals surface area contributed by atoms with E-state index in [4.69, 9.17) is 11.6 Å². The van der Waals surface area contributed by atoms with Gasteiger partial charge in [-0.05, 0) is 35.3 Å². The Labute approximate surface area is 96.7 Å². The van der Waals surface area contributed by atoms with Crippen molar-refractivity contribution in [1.82, 2.24) is 0 Å². The Morgan fingerprint density at radius 1 is 1.69 bits per heavy atom. The Balaban J connectivity index is 2.49. The maximum atomic E-state index is 5.60. The quantitative estimate of drug-likeness (QED) is 0.557. The molecule has 0 bridgehead atoms. The van der Waals surface area contributed by atoms with Crippen molar-refractivity contribution in [3.63, 3.8) is 0 Å². The van der Waals surface area contributed by atoms with Gasteiger partial charge in [-0.1, -0.05) is 11.6 Å². The molecule has 0 aliphatic heterocycles. The van der Waals surface area contributed by atoms with Crippen molar-refractivity contribution in [2.45, 2.75) is 19.8 Å². The van der Waals surface area contributed by atoms with Crippen molar-refractivity contribution < 1.29 is 0 Å². The lowest BCUT2D eigenvalue weighted by molar-refractivity contribution is 1.11. The summed E-state index contributed by atoms with van der Waals surface area (Å²) in [7, 11) is 0. The highest BCUT2D eigenvalue weighted by Gasteiger charge is 1.98. The van der Waals surface area contributed by atoms with Crippen LogP contribution in [0.25, 0.3) is 0 Å². The van der Waals surface area contributed by atoms with Gasteiger partial charge in [-0.3, -0.25) is 0 Å². The summed E-state index contributed by atoms with van der Waals surface area (Å²) in [5.41, 5.74) is 1.40. The monoisotopic (exact) mass is 278 g/mol. The van der Waals surface area contributed by atoms with Gasteiger partial charge in [-0.15, -0.1) is 22.9 Å². The van der Waals surface area contributed by atoms with E-state index in [1.807, 2.05) is 0 Å². The number of hydrogen-bond acceptors (Lipinski definition) is 1. The zero-order valence-electron chi connectivity index (χ0n) is 7.52. The molecular weight excluding hydrogens is 268 g/mol. The summed E-state index contributed by atoms with van der Waals surface area (Å²) in [6.07, 6.45) is 4.23. The third kappa shape index (κ3) is 4.30. The van der Waals surface area contributed by atoms with E-state index in [1.165, 1.54) is 14.9 Å². The lowest BCUT2D eigenvalue weighted by atomic mass is 10.1. The molecule has 0 fully saturated rings. The van der Waals surface area contributed by atoms with E-state index in [9.17, 15) is 0 Å². The lowest BCUT2D eigenvalue weighted by Crippen LogP contribution is -1.82. The molecule has 72 valence electrons. The van der Waals surface area contributed by atoms with Crippen LogP contribution in [-0.2, 0) is 6.42 Å². The fourth-order valence-corrected chi connectivity index (χ4v) is 2.75. The molecule has 0 nitrogen and oxygen atoms in total. The number of allylic oxidation sites excluding steroid dienone is 2. The van der Waals surface area contributed by atoms with Gasteiger partial charge in [0.2, 0.25) is 0 Å². The highest BCUT2D eigenvalue weighted by molar-refractivity contribution is 9.10. The molecule has 1 aromatic rings. The minimum atomic E-state index is 0.714. The summed E-state index contributed by atoms with van der Waals surface area (Å²) >= 11 is 10.8. The van der Waals surface area contributed by atoms with Crippen molar-refractivity contribution >= 4 is 38.9 Å². The number of halogens is 2. The second-order valence-electron chi connectivity index (χ2n) is 2.94. The minimum Gasteiger partial charge on any atom is -0.147 e. The first-order chi connectivity index (χ1) is 6.22. The first-order valence-electron chi connectivity index (χ1n) is 4.17. The van der Waals surface area contributed by atoms with E-state index < -0.39 is 0 Å². The second-order valence-corrected chi connectivity index (χ2v) is 5.23. The number of rotatable bonds is 4. The summed E-state index contributed by atoms with van der Waals surface area (Å²) in [6.45, 7) is 2.15. The van der Waals surface area contributed by atoms with Crippen LogP contribution in [0.4, 0.5) is 0 Å². The first kappa shape index (κ1) is 11.3. The maximum Gasteiger partial charge on any atom is 0.0285 e. The van der Waals surface area contributed by atoms with Crippen LogP contribution in [0.2, 0.25) is 0 Å². The Morgan fingerprint density at radius 2 is 2.46 bits per heavy atom. The molecule has 0 saturated heterocycles. The van der Waals surface area contributed by atoms with Gasteiger partial charge in [0.1, 0.15) is 0 Å². The van der Waals surface area contributed by atoms with Crippen molar-refractivity contribution in [2.75, 3.05) is 5.88 Å². The Hall–Kier alpha value is 0.210. The fourth-order valence-electron chi connectivity index (χ4n) is 1.09. The van der Waals surface area contributed by atoms with Gasteiger partial charge in [-0.25, -0.2) is 0 Å². The zero-order valence-corrected chi connectivity index (χ0v) is 10.7. The molecule has 13 heavy (non-hydrogen) atoms. The van der Waals surface area contributed by atoms with Crippen LogP contribution in [0, 0.1) is 0 Å². The predicted octanol–water partition coefficient (Wildman–Crippen LogP) is 4.63. The van der Waals surface area contributed by atoms with Gasteiger partial charge in [0, 0.05) is 27.0 Å². The normalized spacial score (nSPS) is 12.1. The molecule has 0 amide bonds. The molecule has 0 saturated carbocycles. The van der Waals surface area contributed by atoms with E-state index in [1.54, 1.807) is 11.3 Å². The summed E-state index contributed by atoms with van der Waals surface area (Å²) in [6, 6.07) is 2.17. The number of hydrogen-bond donors (Lipinski definition) is 0. The van der Waals surface area contributed by atoms with Crippen molar-refractivity contribution in [2.24, 2.45) is 0 Å². The molecule has 0 aliphatic carbocycles. The largest absolute Gasteiger partial charge is 0.147 e. The topological polar surface area (TPSA) is 0 Å². The molecule has 1 aromatic heterocycles. The molecule has 1 heterocycles. The molecular formula is C10H12BrClS. The maximum absolute atomic E-state index is 5.60. The van der Waals surface area contributed by atoms with Crippen molar-refractivity contribution in [3.05, 3.63) is 32.4 Å². The van der Waals surface area contributed by atoms with Crippen LogP contribution in [0.3, 0.4) is 0 Å². The molecule has 0 aliphatic rings. The average molecular weight is 280 g/mol. The molecule has 3 heteroatoms. The molecule has 0 unspecified atom stereocenters. The van der Waals surface area contributed by atoms with E-state index in [0.29, 0.717) is 5.88 Å². The van der Waals surface area contributed by atoms with E-state index in [-0.39, 0.29) is 0 Å². The zero-order chi connectivity index (χ0) is 9.68. The highest BCUT2D eigenvalue weighted by atomic mass is 79.9. The van der Waals surface area contributed by atoms with Crippen LogP contribution in [0.15, 0.2) is 27.6 Å². The smallest absolute Gasteiger partial charge is 0.0285 e. The predicted molar refractivity (Wildman–Crippen MR) is 64.8 cm³/mol. The summed E-state index contributed by atoms with van der Waals surface area (Å²) < 4.78 is 1.18. The lowest BCUT2D eigenvalue weighted by Gasteiger charge is -1.96. The van der Waals surface area contributed by atoms with Gasteiger partial charge in [-0.2, -0.15) is 0 Å². The summed E-state index contributed by atoms with van der Waals surface area (Å²) in [5, 5.41) is 2.12. The third-order valence-corrected chi connectivity index (χ3v) is 3.59. The van der Waals surface area contributed by atoms with Crippen LogP contribution in [0.5, 0.6) is 0 Å². The van der Waals surface area contributed by atoms with Crippen molar-refractivity contribution in [1.29, 1.82) is 0 Å². The fraction of sp³-hybridized carbons (Fsp3) is 0.400. The van der Waals surface area contributed by atoms with Gasteiger partial charge in [0.15, 0.2) is 0 Å². The number of alkyl halides is 1. The first-order valence-corrected chi connectivity index (χ1v) is 6.37. The molecule has 1 rings (SSSR count). The third-order valence-electron chi connectivity index (χ3n) is 1.68. The summed E-state index contributed by atoms with van der Waals surface area (Å²) in [5.74, 6) is 0.714. The Morgan fingerprint density at radius 3 is 3.00 bits per heavy atom. The molecule has 0 aromatic carbocycles. The Kier molecular flexibility index (Phi) is 5.07. The molecule has 0 atom stereocenters. The average Bonchev–Trinajstić information content (AvgIpc) is 2.48. The standard InChI is InChI=1S/C10H12BrClS/c1-8(3-2-4-12)5-10-6-9(11)7-13-10/h3,6-7H,2,4-5H2,1H3. The minimum absolute atomic E-state index is 0.714. The SMILES string of the molecule is CC(=CCCCl)Cc1cc(Br)cs1. The van der Waals surface area contributed by atoms with Crippen molar-refractivity contribution in [3.8, 4) is 0 Å². The van der Waals surface area contributed by atoms with Gasteiger partial charge in [0.05, 0.1) is 0 Å². The van der Waals surface area contributed by atoms with E-state index in [2.05, 4.69) is 40.4 Å². The molecule has 0 radical (unpaired) electrons. The van der Waals surface area contributed by atoms with Gasteiger partial charge in [0.25, 0.3) is 0 Å². The van der Waals surface area contributed by atoms with Crippen LogP contribution >= 0.6 is 38.9 Å². The van der Waals surface area contributed by atoms with E-state index in [0.717, 1.165) is 12.8 Å². The number of thiophene rings is 1. The van der Waals surface area contributed by atoms with Crippen LogP contribution < -0.4 is 0 Å². The molecule has 0 spiro atoms. The van der Waals surface area contributed by atoms with Gasteiger partial charge >= 0.3 is 0 Å². The molecule has 0 N–H and O–H groups in total. The highest BCUT2D eigenvalue weighted by Crippen LogP contribution is 2.22. The van der Waals surface area contributed by atoms with E-state index >= 15 is 0 Å². The van der Waals surface area contributed by atoms with Crippen LogP contribution in [-0.4, -0.2) is 5.88 Å². The van der Waals surface area contributed by atoms with Crippen LogP contribution in [0.1, 0.15) is 18.2 Å². The van der Waals surface area contributed by atoms with Gasteiger partial charge < -0.3 is 0 Å². The second kappa shape index (κ2) is 5.84. The Bertz CT molecular complexity index is 291.